The molecule has 4 amide bonds. The predicted octanol–water partition coefficient (Wildman–Crippen LogP) is 5.60. The van der Waals surface area contributed by atoms with Crippen molar-refractivity contribution in [3.63, 3.8) is 0 Å². The van der Waals surface area contributed by atoms with Gasteiger partial charge < -0.3 is 4.84 Å². The predicted molar refractivity (Wildman–Crippen MR) is 143 cm³/mol. The summed E-state index contributed by atoms with van der Waals surface area (Å²) in [5.74, 6) is -2.57. The van der Waals surface area contributed by atoms with E-state index in [1.54, 1.807) is 0 Å². The first-order chi connectivity index (χ1) is 15.4. The number of carbonyl (C=O) groups is 8. The average molecular weight is 661 g/mol. The van der Waals surface area contributed by atoms with Gasteiger partial charge in [-0.3, -0.25) is 38.8 Å². The third kappa shape index (κ3) is 44.8. The molecular weight excluding hydrogens is 629 g/mol. The lowest BCUT2D eigenvalue weighted by Gasteiger charge is -2.09. The Morgan fingerprint density at radius 1 is 0.703 bits per heavy atom. The van der Waals surface area contributed by atoms with Crippen molar-refractivity contribution < 1.29 is 48.4 Å². The van der Waals surface area contributed by atoms with Gasteiger partial charge in [0.2, 0.25) is 10.5 Å². The zero-order valence-electron chi connectivity index (χ0n) is 17.8. The standard InChI is InChI=1S/C6H7NO4.C4H5NO3.2C2H3ClO.CCl2O.CH2Cl2.3CH4/c1-4(8)11-7-5(9)2-3-6(7)10;6-3-1-2-4(7)5(3)8;2*1-2(3)4;2-1(3)4;2-1-3;;;/h2-3H2,1H3;8H,1-2H2;2*1H3;;1H2;3*1H4. The van der Waals surface area contributed by atoms with Crippen LogP contribution in [0.3, 0.4) is 0 Å². The number of halogens is 6. The van der Waals surface area contributed by atoms with Crippen molar-refractivity contribution in [2.24, 2.45) is 0 Å². The van der Waals surface area contributed by atoms with Gasteiger partial charge in [-0.05, 0) is 46.4 Å². The molecule has 37 heavy (non-hydrogen) atoms. The van der Waals surface area contributed by atoms with Crippen LogP contribution in [0.1, 0.15) is 68.7 Å². The molecule has 2 saturated heterocycles. The van der Waals surface area contributed by atoms with E-state index in [1.807, 2.05) is 0 Å². The summed E-state index contributed by atoms with van der Waals surface area (Å²) in [4.78, 5) is 84.0. The number of amides is 4. The first-order valence-electron chi connectivity index (χ1n) is 8.32. The van der Waals surface area contributed by atoms with Gasteiger partial charge in [0.05, 0.1) is 5.34 Å². The first kappa shape index (κ1) is 52.0. The molecule has 0 aromatic carbocycles. The van der Waals surface area contributed by atoms with Crippen molar-refractivity contribution in [3.05, 3.63) is 0 Å². The van der Waals surface area contributed by atoms with Crippen LogP contribution < -0.4 is 0 Å². The topological polar surface area (TPSA) is 172 Å². The van der Waals surface area contributed by atoms with E-state index in [1.165, 1.54) is 13.8 Å². The summed E-state index contributed by atoms with van der Waals surface area (Å²) in [6, 6.07) is 0. The van der Waals surface area contributed by atoms with Gasteiger partial charge in [0, 0.05) is 46.5 Å². The molecule has 220 valence electrons. The second-order valence-electron chi connectivity index (χ2n) is 5.03. The number of hydrogen-bond acceptors (Lipinski definition) is 10. The SMILES string of the molecule is C.C.C.CC(=O)Cl.CC(=O)Cl.CC(=O)ON1C(=O)CCC1=O.ClCCl.O=C(Cl)Cl.O=C1CCC(=O)N1O. The smallest absolute Gasteiger partial charge is 0.330 e. The van der Waals surface area contributed by atoms with E-state index in [0.29, 0.717) is 5.06 Å². The number of carbonyl (C=O) groups excluding carboxylic acids is 8. The molecule has 0 bridgehead atoms. The van der Waals surface area contributed by atoms with Gasteiger partial charge in [-0.2, -0.15) is 5.06 Å². The molecule has 2 fully saturated rings. The molecule has 2 aliphatic rings. The minimum Gasteiger partial charge on any atom is -0.331 e. The normalized spacial score (nSPS) is 12.2. The van der Waals surface area contributed by atoms with Gasteiger partial charge in [-0.15, -0.1) is 28.3 Å². The number of hydroxylamine groups is 4. The second-order valence-corrected chi connectivity index (χ2v) is 7.78. The number of rotatable bonds is 1. The number of imide groups is 2. The van der Waals surface area contributed by atoms with Crippen LogP contribution in [-0.2, 0) is 38.4 Å². The fourth-order valence-corrected chi connectivity index (χ4v) is 1.35. The fraction of sp³-hybridized carbons (Fsp3) is 0.579. The van der Waals surface area contributed by atoms with Gasteiger partial charge in [0.1, 0.15) is 0 Å². The van der Waals surface area contributed by atoms with E-state index >= 15 is 0 Å². The second kappa shape index (κ2) is 32.5. The van der Waals surface area contributed by atoms with Crippen LogP contribution in [0.5, 0.6) is 0 Å². The van der Waals surface area contributed by atoms with E-state index in [4.69, 9.17) is 33.2 Å². The van der Waals surface area contributed by atoms with Crippen molar-refractivity contribution in [1.29, 1.82) is 0 Å². The minimum atomic E-state index is -0.889. The Labute approximate surface area is 246 Å². The molecule has 0 spiro atoms. The molecule has 0 radical (unpaired) electrons. The van der Waals surface area contributed by atoms with Crippen LogP contribution in [0.2, 0.25) is 0 Å². The molecule has 18 heteroatoms. The van der Waals surface area contributed by atoms with E-state index in [0.717, 1.165) is 6.92 Å². The minimum absolute atomic E-state index is 0. The summed E-state index contributed by atoms with van der Waals surface area (Å²) in [6.07, 6.45) is 0.558. The third-order valence-electron chi connectivity index (χ3n) is 2.25. The highest BCUT2D eigenvalue weighted by Gasteiger charge is 2.31. The molecule has 2 aliphatic heterocycles. The average Bonchev–Trinajstić information content (AvgIpc) is 3.11. The molecular formula is C19H32Cl6N2O10. The Morgan fingerprint density at radius 3 is 1.03 bits per heavy atom. The van der Waals surface area contributed by atoms with Gasteiger partial charge in [-0.25, -0.2) is 4.79 Å². The highest BCUT2D eigenvalue weighted by molar-refractivity contribution is 6.93. The molecule has 0 saturated carbocycles. The zero-order chi connectivity index (χ0) is 28.0. The van der Waals surface area contributed by atoms with E-state index in [9.17, 15) is 33.6 Å². The van der Waals surface area contributed by atoms with Crippen LogP contribution in [0.15, 0.2) is 0 Å². The van der Waals surface area contributed by atoms with Gasteiger partial charge in [0.15, 0.2) is 0 Å². The van der Waals surface area contributed by atoms with E-state index in [2.05, 4.69) is 51.2 Å². The van der Waals surface area contributed by atoms with Crippen LogP contribution in [-0.4, -0.2) is 65.5 Å². The molecule has 0 aliphatic carbocycles. The summed E-state index contributed by atoms with van der Waals surface area (Å²) in [7, 11) is 0. The Morgan fingerprint density at radius 2 is 0.892 bits per heavy atom. The maximum absolute atomic E-state index is 10.7. The molecule has 2 rings (SSSR count). The van der Waals surface area contributed by atoms with Crippen LogP contribution >= 0.6 is 69.6 Å². The van der Waals surface area contributed by atoms with Crippen molar-refractivity contribution >= 4 is 114 Å². The lowest BCUT2D eigenvalue weighted by atomic mass is 10.4. The zero-order valence-corrected chi connectivity index (χ0v) is 22.4. The van der Waals surface area contributed by atoms with E-state index in [-0.39, 0.29) is 68.9 Å². The van der Waals surface area contributed by atoms with Gasteiger partial charge >= 0.3 is 10.7 Å². The molecule has 0 aromatic rings. The van der Waals surface area contributed by atoms with Crippen molar-refractivity contribution in [1.82, 2.24) is 10.1 Å². The quantitative estimate of drug-likeness (QED) is 0.162. The first-order valence-corrected chi connectivity index (χ1v) is 10.9. The molecule has 0 unspecified atom stereocenters. The lowest BCUT2D eigenvalue weighted by molar-refractivity contribution is -0.195. The van der Waals surface area contributed by atoms with Crippen LogP contribution in [0.25, 0.3) is 0 Å². The van der Waals surface area contributed by atoms with E-state index < -0.39 is 34.3 Å². The van der Waals surface area contributed by atoms with Gasteiger partial charge in [0.25, 0.3) is 23.6 Å². The third-order valence-corrected chi connectivity index (χ3v) is 2.25. The highest BCUT2D eigenvalue weighted by atomic mass is 35.5. The summed E-state index contributed by atoms with van der Waals surface area (Å²) >= 11 is 27.6. The van der Waals surface area contributed by atoms with Crippen LogP contribution in [0.4, 0.5) is 4.79 Å². The Bertz CT molecular complexity index is 666. The lowest BCUT2D eigenvalue weighted by Crippen LogP contribution is -2.30. The molecule has 2 heterocycles. The van der Waals surface area contributed by atoms with Crippen LogP contribution in [0, 0.1) is 0 Å². The number of hydrogen-bond donors (Lipinski definition) is 1. The van der Waals surface area contributed by atoms with Crippen molar-refractivity contribution in [3.8, 4) is 0 Å². The number of alkyl halides is 2. The Balaban J connectivity index is -0.0000000618. The molecule has 0 aromatic heterocycles. The summed E-state index contributed by atoms with van der Waals surface area (Å²) < 4.78 is -0.889. The van der Waals surface area contributed by atoms with Crippen molar-refractivity contribution in [2.75, 3.05) is 5.34 Å². The Kier molecular flexibility index (Phi) is 45.6. The monoisotopic (exact) mass is 658 g/mol. The Hall–Kier alpha value is -1.54. The number of nitrogens with zero attached hydrogens (tertiary/aromatic N) is 2. The van der Waals surface area contributed by atoms with Gasteiger partial charge in [-0.1, -0.05) is 22.3 Å². The maximum atomic E-state index is 10.7. The van der Waals surface area contributed by atoms with Crippen molar-refractivity contribution in [2.45, 2.75) is 68.7 Å². The largest absolute Gasteiger partial charge is 0.331 e. The molecule has 0 atom stereocenters. The summed E-state index contributed by atoms with van der Waals surface area (Å²) in [5.41, 5.74) is 0. The highest BCUT2D eigenvalue weighted by Crippen LogP contribution is 2.11. The summed E-state index contributed by atoms with van der Waals surface area (Å²) in [5, 5.41) is 8.56. The molecule has 12 nitrogen and oxygen atoms in total. The molecule has 1 N–H and O–H groups in total. The maximum Gasteiger partial charge on any atom is 0.330 e. The summed E-state index contributed by atoms with van der Waals surface area (Å²) in [6.45, 7) is 3.72. The fourth-order valence-electron chi connectivity index (χ4n) is 1.35.